The highest BCUT2D eigenvalue weighted by Crippen LogP contribution is 2.25. The number of carbonyl (C=O) groups excluding carboxylic acids is 1. The normalized spacial score (nSPS) is 19.8. The molecule has 0 bridgehead atoms. The quantitative estimate of drug-likeness (QED) is 0.387. The Morgan fingerprint density at radius 3 is 2.92 bits per heavy atom. The van der Waals surface area contributed by atoms with Gasteiger partial charge in [0.05, 0.1) is 31.6 Å². The molecule has 0 aliphatic carbocycles. The van der Waals surface area contributed by atoms with Crippen LogP contribution >= 0.6 is 12.2 Å². The molecule has 3 heterocycles. The third kappa shape index (κ3) is 7.21. The summed E-state index contributed by atoms with van der Waals surface area (Å²) in [6.07, 6.45) is -0.0185. The number of pyridine rings is 1. The van der Waals surface area contributed by atoms with Gasteiger partial charge >= 0.3 is 0 Å². The lowest BCUT2D eigenvalue weighted by Crippen LogP contribution is -2.44. The summed E-state index contributed by atoms with van der Waals surface area (Å²) >= 11 is 5.50. The Bertz CT molecular complexity index is 1190. The van der Waals surface area contributed by atoms with Gasteiger partial charge in [0.1, 0.15) is 29.3 Å². The van der Waals surface area contributed by atoms with Gasteiger partial charge in [-0.25, -0.2) is 13.2 Å². The van der Waals surface area contributed by atoms with Crippen molar-refractivity contribution in [1.29, 1.82) is 0 Å². The first-order valence-electron chi connectivity index (χ1n) is 12.2. The van der Waals surface area contributed by atoms with E-state index in [1.165, 1.54) is 12.1 Å². The summed E-state index contributed by atoms with van der Waals surface area (Å²) in [6.45, 7) is 3.98. The average Bonchev–Trinajstić information content (AvgIpc) is 2.88. The molecule has 1 aromatic carbocycles. The molecule has 204 valence electrons. The summed E-state index contributed by atoms with van der Waals surface area (Å²) in [4.78, 5) is 17.1. The Morgan fingerprint density at radius 2 is 2.16 bits per heavy atom. The van der Waals surface area contributed by atoms with Crippen molar-refractivity contribution in [1.82, 2.24) is 15.6 Å². The van der Waals surface area contributed by atoms with Crippen LogP contribution in [0, 0.1) is 5.82 Å². The fraction of sp³-hybridized carbons (Fsp3) is 0.423. The van der Waals surface area contributed by atoms with Crippen molar-refractivity contribution < 1.29 is 32.2 Å². The van der Waals surface area contributed by atoms with Crippen LogP contribution < -0.4 is 20.7 Å². The average molecular weight is 551 g/mol. The summed E-state index contributed by atoms with van der Waals surface area (Å²) in [5, 5.41) is 8.92. The van der Waals surface area contributed by atoms with Gasteiger partial charge < -0.3 is 30.2 Å². The molecule has 1 unspecified atom stereocenters. The van der Waals surface area contributed by atoms with Gasteiger partial charge in [-0.1, -0.05) is 18.3 Å². The molecule has 2 aromatic rings. The second-order valence-electron chi connectivity index (χ2n) is 8.96. The SMILES string of the molecule is C[C@@H]1CC(NCc2ccncc2OCC2COCCO2)=C(C(=S)Nc2cccc(F)c2CC(F)F)C(=O)N1. The largest absolute Gasteiger partial charge is 0.489 e. The smallest absolute Gasteiger partial charge is 0.256 e. The molecule has 2 aliphatic rings. The second kappa shape index (κ2) is 13.0. The van der Waals surface area contributed by atoms with Crippen molar-refractivity contribution in [3.63, 3.8) is 0 Å². The molecule has 1 amide bonds. The number of nitrogens with one attached hydrogen (secondary N) is 3. The molecule has 0 radical (unpaired) electrons. The van der Waals surface area contributed by atoms with E-state index in [2.05, 4.69) is 20.9 Å². The molecule has 0 spiro atoms. The molecule has 2 atom stereocenters. The number of hydrogen-bond acceptors (Lipinski definition) is 7. The first-order valence-corrected chi connectivity index (χ1v) is 12.6. The van der Waals surface area contributed by atoms with Crippen molar-refractivity contribution in [3.8, 4) is 5.75 Å². The van der Waals surface area contributed by atoms with Crippen LogP contribution in [0.25, 0.3) is 0 Å². The molecule has 8 nitrogen and oxygen atoms in total. The Kier molecular flexibility index (Phi) is 9.53. The van der Waals surface area contributed by atoms with E-state index in [4.69, 9.17) is 26.4 Å². The molecule has 38 heavy (non-hydrogen) atoms. The van der Waals surface area contributed by atoms with Crippen LogP contribution in [-0.2, 0) is 27.2 Å². The van der Waals surface area contributed by atoms with E-state index in [1.807, 2.05) is 6.92 Å². The number of hydrogen-bond donors (Lipinski definition) is 3. The number of halogens is 3. The Labute approximate surface area is 223 Å². The third-order valence-electron chi connectivity index (χ3n) is 6.04. The summed E-state index contributed by atoms with van der Waals surface area (Å²) in [7, 11) is 0. The van der Waals surface area contributed by atoms with E-state index in [9.17, 15) is 18.0 Å². The number of rotatable bonds is 10. The number of ether oxygens (including phenoxy) is 3. The summed E-state index contributed by atoms with van der Waals surface area (Å²) < 4.78 is 57.4. The zero-order chi connectivity index (χ0) is 27.1. The number of amides is 1. The fourth-order valence-corrected chi connectivity index (χ4v) is 4.54. The summed E-state index contributed by atoms with van der Waals surface area (Å²) in [5.74, 6) is -0.638. The minimum Gasteiger partial charge on any atom is -0.489 e. The zero-order valence-electron chi connectivity index (χ0n) is 20.8. The topological polar surface area (TPSA) is 93.7 Å². The highest BCUT2D eigenvalue weighted by Gasteiger charge is 2.28. The van der Waals surface area contributed by atoms with Crippen molar-refractivity contribution in [2.75, 3.05) is 31.7 Å². The molecular weight excluding hydrogens is 521 g/mol. The fourth-order valence-electron chi connectivity index (χ4n) is 4.22. The first kappa shape index (κ1) is 27.8. The summed E-state index contributed by atoms with van der Waals surface area (Å²) in [5.41, 5.74) is 1.42. The van der Waals surface area contributed by atoms with E-state index in [0.717, 1.165) is 11.6 Å². The molecule has 0 saturated carbocycles. The number of thiocarbonyl (C=S) groups is 1. The van der Waals surface area contributed by atoms with Crippen molar-refractivity contribution in [3.05, 3.63) is 64.9 Å². The van der Waals surface area contributed by atoms with E-state index in [0.29, 0.717) is 50.8 Å². The lowest BCUT2D eigenvalue weighted by Gasteiger charge is -2.28. The van der Waals surface area contributed by atoms with Gasteiger partial charge in [0, 0.05) is 54.1 Å². The number of aromatic nitrogens is 1. The molecular formula is C26H29F3N4O4S. The van der Waals surface area contributed by atoms with Crippen LogP contribution in [0.5, 0.6) is 5.75 Å². The maximum atomic E-state index is 14.3. The second-order valence-corrected chi connectivity index (χ2v) is 9.37. The number of benzene rings is 1. The van der Waals surface area contributed by atoms with Crippen LogP contribution in [0.2, 0.25) is 0 Å². The van der Waals surface area contributed by atoms with Gasteiger partial charge in [-0.3, -0.25) is 9.78 Å². The van der Waals surface area contributed by atoms with Crippen LogP contribution in [0.15, 0.2) is 47.9 Å². The van der Waals surface area contributed by atoms with Crippen molar-refractivity contribution >= 4 is 28.8 Å². The highest BCUT2D eigenvalue weighted by atomic mass is 32.1. The lowest BCUT2D eigenvalue weighted by molar-refractivity contribution is -0.118. The monoisotopic (exact) mass is 550 g/mol. The number of anilines is 1. The van der Waals surface area contributed by atoms with Gasteiger partial charge in [0.15, 0.2) is 0 Å². The minimum absolute atomic E-state index is 0.00124. The Balaban J connectivity index is 1.51. The number of carbonyl (C=O) groups is 1. The molecule has 12 heteroatoms. The van der Waals surface area contributed by atoms with Gasteiger partial charge in [-0.2, -0.15) is 0 Å². The summed E-state index contributed by atoms with van der Waals surface area (Å²) in [6, 6.07) is 5.58. The van der Waals surface area contributed by atoms with Crippen molar-refractivity contribution in [2.24, 2.45) is 0 Å². The van der Waals surface area contributed by atoms with Gasteiger partial charge in [0.25, 0.3) is 5.91 Å². The van der Waals surface area contributed by atoms with E-state index in [-0.39, 0.29) is 34.0 Å². The maximum absolute atomic E-state index is 14.3. The van der Waals surface area contributed by atoms with Gasteiger partial charge in [-0.15, -0.1) is 0 Å². The van der Waals surface area contributed by atoms with Gasteiger partial charge in [-0.05, 0) is 25.1 Å². The Morgan fingerprint density at radius 1 is 1.32 bits per heavy atom. The van der Waals surface area contributed by atoms with Crippen molar-refractivity contribution in [2.45, 2.75) is 44.9 Å². The molecule has 1 aromatic heterocycles. The predicted octanol–water partition coefficient (Wildman–Crippen LogP) is 3.51. The standard InChI is InChI=1S/C26H29F3N4O4S/c1-15-9-21(31-11-16-5-6-30-12-22(16)37-14-17-13-35-7-8-36-17)24(25(34)32-15)26(38)33-20-4-2-3-19(27)18(20)10-23(28)29/h2-6,12,15,17,23,31H,7-11,13-14H2,1H3,(H,32,34)(H,33,38)/t15-,17?/m1/s1. The molecule has 2 aliphatic heterocycles. The minimum atomic E-state index is -2.75. The van der Waals surface area contributed by atoms with Crippen LogP contribution in [0.1, 0.15) is 24.5 Å². The zero-order valence-corrected chi connectivity index (χ0v) is 21.6. The Hall–Kier alpha value is -3.22. The molecule has 1 saturated heterocycles. The molecule has 1 fully saturated rings. The van der Waals surface area contributed by atoms with E-state index >= 15 is 0 Å². The molecule has 3 N–H and O–H groups in total. The predicted molar refractivity (Wildman–Crippen MR) is 139 cm³/mol. The number of nitrogens with zero attached hydrogens (tertiary/aromatic N) is 1. The first-order chi connectivity index (χ1) is 18.3. The third-order valence-corrected chi connectivity index (χ3v) is 6.35. The van der Waals surface area contributed by atoms with Crippen LogP contribution in [0.3, 0.4) is 0 Å². The van der Waals surface area contributed by atoms with Crippen LogP contribution in [0.4, 0.5) is 18.9 Å². The van der Waals surface area contributed by atoms with Gasteiger partial charge in [0.2, 0.25) is 6.43 Å². The van der Waals surface area contributed by atoms with E-state index < -0.39 is 24.6 Å². The molecule has 4 rings (SSSR count). The lowest BCUT2D eigenvalue weighted by atomic mass is 10.0. The van der Waals surface area contributed by atoms with E-state index in [1.54, 1.807) is 18.5 Å². The highest BCUT2D eigenvalue weighted by molar-refractivity contribution is 7.81. The maximum Gasteiger partial charge on any atom is 0.256 e. The van der Waals surface area contributed by atoms with Crippen LogP contribution in [-0.4, -0.2) is 60.9 Å². The number of alkyl halides is 2.